The molecule has 1 aromatic rings. The highest BCUT2D eigenvalue weighted by Crippen LogP contribution is 2.28. The Balaban J connectivity index is 2.65. The number of rotatable bonds is 7. The zero-order valence-electron chi connectivity index (χ0n) is 14.8. The van der Waals surface area contributed by atoms with E-state index < -0.39 is 6.04 Å². The lowest BCUT2D eigenvalue weighted by atomic mass is 10.1. The Kier molecular flexibility index (Phi) is 7.15. The van der Waals surface area contributed by atoms with Crippen molar-refractivity contribution in [3.05, 3.63) is 15.6 Å². The third kappa shape index (κ3) is 5.00. The van der Waals surface area contributed by atoms with Crippen molar-refractivity contribution in [2.24, 2.45) is 11.7 Å². The number of carbonyl (C=O) groups is 2. The molecule has 0 radical (unpaired) electrons. The first-order valence-electron chi connectivity index (χ1n) is 7.94. The van der Waals surface area contributed by atoms with Crippen molar-refractivity contribution in [1.82, 2.24) is 15.2 Å². The zero-order chi connectivity index (χ0) is 17.7. The van der Waals surface area contributed by atoms with Crippen LogP contribution in [0.25, 0.3) is 0 Å². The van der Waals surface area contributed by atoms with Gasteiger partial charge in [-0.3, -0.25) is 9.59 Å². The summed E-state index contributed by atoms with van der Waals surface area (Å²) < 4.78 is 0. The maximum atomic E-state index is 12.3. The second-order valence-corrected chi connectivity index (χ2v) is 7.19. The number of carbonyl (C=O) groups excluding carboxylic acids is 2. The molecule has 0 aliphatic heterocycles. The van der Waals surface area contributed by atoms with Gasteiger partial charge in [-0.15, -0.1) is 11.3 Å². The van der Waals surface area contributed by atoms with E-state index in [1.54, 1.807) is 23.3 Å². The van der Waals surface area contributed by atoms with Gasteiger partial charge in [0.15, 0.2) is 0 Å². The molecule has 6 nitrogen and oxygen atoms in total. The van der Waals surface area contributed by atoms with Crippen molar-refractivity contribution in [1.29, 1.82) is 0 Å². The van der Waals surface area contributed by atoms with E-state index >= 15 is 0 Å². The molecule has 0 spiro atoms. The summed E-state index contributed by atoms with van der Waals surface area (Å²) in [4.78, 5) is 31.4. The number of aromatic nitrogens is 1. The normalized spacial score (nSPS) is 13.7. The number of likely N-dealkylation sites (N-methyl/N-ethyl adjacent to an activating group) is 1. The van der Waals surface area contributed by atoms with E-state index in [2.05, 4.69) is 17.2 Å². The van der Waals surface area contributed by atoms with E-state index in [1.165, 1.54) is 0 Å². The second-order valence-electron chi connectivity index (χ2n) is 6.08. The van der Waals surface area contributed by atoms with E-state index in [-0.39, 0.29) is 30.3 Å². The number of amides is 2. The molecule has 0 bridgehead atoms. The summed E-state index contributed by atoms with van der Waals surface area (Å²) >= 11 is 1.63. The maximum absolute atomic E-state index is 12.3. The summed E-state index contributed by atoms with van der Waals surface area (Å²) in [5.74, 6) is -0.404. The second kappa shape index (κ2) is 8.40. The quantitative estimate of drug-likeness (QED) is 0.790. The Morgan fingerprint density at radius 2 is 1.96 bits per heavy atom. The molecule has 7 heteroatoms. The van der Waals surface area contributed by atoms with Crippen molar-refractivity contribution in [3.8, 4) is 0 Å². The van der Waals surface area contributed by atoms with Gasteiger partial charge in [-0.2, -0.15) is 0 Å². The van der Waals surface area contributed by atoms with Gasteiger partial charge in [-0.1, -0.05) is 20.8 Å². The van der Waals surface area contributed by atoms with E-state index in [9.17, 15) is 9.59 Å². The van der Waals surface area contributed by atoms with Crippen LogP contribution in [0.15, 0.2) is 0 Å². The average Bonchev–Trinajstić information content (AvgIpc) is 2.90. The average molecular weight is 340 g/mol. The van der Waals surface area contributed by atoms with Crippen molar-refractivity contribution >= 4 is 23.2 Å². The minimum Gasteiger partial charge on any atom is -0.346 e. The van der Waals surface area contributed by atoms with Crippen LogP contribution in [-0.2, 0) is 16.0 Å². The molecule has 0 aliphatic carbocycles. The number of thiazole rings is 1. The molecule has 0 aliphatic rings. The number of nitrogens with two attached hydrogens (primary N) is 1. The number of hydrogen-bond donors (Lipinski definition) is 2. The van der Waals surface area contributed by atoms with Gasteiger partial charge in [0, 0.05) is 11.9 Å². The van der Waals surface area contributed by atoms with Crippen LogP contribution in [0, 0.1) is 12.8 Å². The van der Waals surface area contributed by atoms with Gasteiger partial charge >= 0.3 is 0 Å². The maximum Gasteiger partial charge on any atom is 0.242 e. The van der Waals surface area contributed by atoms with Crippen molar-refractivity contribution < 1.29 is 9.59 Å². The highest BCUT2D eigenvalue weighted by atomic mass is 32.1. The smallest absolute Gasteiger partial charge is 0.242 e. The minimum absolute atomic E-state index is 0.0362. The molecule has 1 aromatic heterocycles. The largest absolute Gasteiger partial charge is 0.346 e. The fourth-order valence-electron chi connectivity index (χ4n) is 2.10. The van der Waals surface area contributed by atoms with Crippen molar-refractivity contribution in [3.63, 3.8) is 0 Å². The first-order valence-corrected chi connectivity index (χ1v) is 8.75. The summed E-state index contributed by atoms with van der Waals surface area (Å²) in [6.07, 6.45) is 0.888. The van der Waals surface area contributed by atoms with E-state index in [0.29, 0.717) is 0 Å². The first kappa shape index (κ1) is 19.6. The van der Waals surface area contributed by atoms with Crippen LogP contribution in [0.5, 0.6) is 0 Å². The molecule has 0 aromatic carbocycles. The van der Waals surface area contributed by atoms with E-state index in [4.69, 9.17) is 5.73 Å². The summed E-state index contributed by atoms with van der Waals surface area (Å²) in [7, 11) is 1.74. The Morgan fingerprint density at radius 3 is 2.43 bits per heavy atom. The van der Waals surface area contributed by atoms with Crippen LogP contribution in [0.1, 0.15) is 49.3 Å². The Labute approximate surface area is 142 Å². The SMILES string of the molecule is CCc1nc(C)c(C(C)N(C)C(=O)CNC(=O)[C@@H](N)C(C)C)s1. The lowest BCUT2D eigenvalue weighted by molar-refractivity contribution is -0.133. The van der Waals surface area contributed by atoms with Crippen LogP contribution >= 0.6 is 11.3 Å². The van der Waals surface area contributed by atoms with Gasteiger partial charge in [0.2, 0.25) is 11.8 Å². The Morgan fingerprint density at radius 1 is 1.35 bits per heavy atom. The van der Waals surface area contributed by atoms with Gasteiger partial charge in [-0.25, -0.2) is 4.98 Å². The van der Waals surface area contributed by atoms with Crippen molar-refractivity contribution in [2.45, 2.75) is 53.1 Å². The highest BCUT2D eigenvalue weighted by Gasteiger charge is 2.23. The molecule has 1 rings (SSSR count). The van der Waals surface area contributed by atoms with E-state index in [1.807, 2.05) is 27.7 Å². The predicted octanol–water partition coefficient (Wildman–Crippen LogP) is 1.63. The lowest BCUT2D eigenvalue weighted by Gasteiger charge is -2.25. The molecule has 130 valence electrons. The lowest BCUT2D eigenvalue weighted by Crippen LogP contribution is -2.47. The fourth-order valence-corrected chi connectivity index (χ4v) is 3.21. The zero-order valence-corrected chi connectivity index (χ0v) is 15.7. The van der Waals surface area contributed by atoms with Gasteiger partial charge < -0.3 is 16.0 Å². The first-order chi connectivity index (χ1) is 10.7. The molecule has 2 amide bonds. The number of nitrogens with one attached hydrogen (secondary N) is 1. The summed E-state index contributed by atoms with van der Waals surface area (Å²) in [5.41, 5.74) is 6.73. The summed E-state index contributed by atoms with van der Waals surface area (Å²) in [6, 6.07) is -0.669. The Bertz CT molecular complexity index is 556. The molecular weight excluding hydrogens is 312 g/mol. The molecule has 1 unspecified atom stereocenters. The predicted molar refractivity (Wildman–Crippen MR) is 93.2 cm³/mol. The van der Waals surface area contributed by atoms with Crippen LogP contribution in [0.4, 0.5) is 0 Å². The molecular formula is C16H28N4O2S. The molecule has 2 atom stereocenters. The Hall–Kier alpha value is -1.47. The van der Waals surface area contributed by atoms with Crippen LogP contribution < -0.4 is 11.1 Å². The summed E-state index contributed by atoms with van der Waals surface area (Å²) in [5, 5.41) is 3.69. The highest BCUT2D eigenvalue weighted by molar-refractivity contribution is 7.11. The monoisotopic (exact) mass is 340 g/mol. The summed E-state index contributed by atoms with van der Waals surface area (Å²) in [6.45, 7) is 9.70. The van der Waals surface area contributed by atoms with Crippen molar-refractivity contribution in [2.75, 3.05) is 13.6 Å². The van der Waals surface area contributed by atoms with Crippen LogP contribution in [0.2, 0.25) is 0 Å². The third-order valence-electron chi connectivity index (χ3n) is 3.97. The number of hydrogen-bond acceptors (Lipinski definition) is 5. The molecule has 0 saturated carbocycles. The van der Waals surface area contributed by atoms with Gasteiger partial charge in [0.25, 0.3) is 0 Å². The van der Waals surface area contributed by atoms with Crippen LogP contribution in [-0.4, -0.2) is 41.3 Å². The van der Waals surface area contributed by atoms with E-state index in [0.717, 1.165) is 22.0 Å². The molecule has 0 fully saturated rings. The molecule has 1 heterocycles. The standard InChI is InChI=1S/C16H28N4O2S/c1-7-12-19-10(4)15(23-12)11(5)20(6)13(21)8-18-16(22)14(17)9(2)3/h9,11,14H,7-8,17H2,1-6H3,(H,18,22)/t11?,14-/m0/s1. The number of nitrogens with zero attached hydrogens (tertiary/aromatic N) is 2. The third-order valence-corrected chi connectivity index (χ3v) is 5.44. The van der Waals surface area contributed by atoms with Crippen LogP contribution in [0.3, 0.4) is 0 Å². The molecule has 3 N–H and O–H groups in total. The molecule has 0 saturated heterocycles. The fraction of sp³-hybridized carbons (Fsp3) is 0.688. The van der Waals surface area contributed by atoms with Gasteiger partial charge in [-0.05, 0) is 26.2 Å². The topological polar surface area (TPSA) is 88.3 Å². The number of aryl methyl sites for hydroxylation is 2. The minimum atomic E-state index is -0.596. The van der Waals surface area contributed by atoms with Gasteiger partial charge in [0.1, 0.15) is 0 Å². The molecule has 23 heavy (non-hydrogen) atoms. The van der Waals surface area contributed by atoms with Gasteiger partial charge in [0.05, 0.1) is 29.3 Å².